The summed E-state index contributed by atoms with van der Waals surface area (Å²) in [5.41, 5.74) is 0.614. The SMILES string of the molecule is CN(Cc1ccccc1[N+](=O)[O-])C(=O)[C@@H]1CCCN1.Cl. The first-order valence-corrected chi connectivity index (χ1v) is 6.30. The maximum atomic E-state index is 12.1. The number of nitro groups is 1. The number of nitrogens with zero attached hydrogens (tertiary/aromatic N) is 2. The lowest BCUT2D eigenvalue weighted by Gasteiger charge is -2.21. The van der Waals surface area contributed by atoms with Gasteiger partial charge in [0, 0.05) is 18.7 Å². The number of hydrogen-bond donors (Lipinski definition) is 1. The van der Waals surface area contributed by atoms with Crippen LogP contribution in [0, 0.1) is 10.1 Å². The van der Waals surface area contributed by atoms with E-state index >= 15 is 0 Å². The number of para-hydroxylation sites is 1. The van der Waals surface area contributed by atoms with Gasteiger partial charge in [0.1, 0.15) is 0 Å². The summed E-state index contributed by atoms with van der Waals surface area (Å²) in [6.45, 7) is 1.11. The van der Waals surface area contributed by atoms with Crippen molar-refractivity contribution in [3.8, 4) is 0 Å². The Labute approximate surface area is 123 Å². The Hall–Kier alpha value is -1.66. The monoisotopic (exact) mass is 299 g/mol. The van der Waals surface area contributed by atoms with E-state index in [1.165, 1.54) is 6.07 Å². The van der Waals surface area contributed by atoms with Gasteiger partial charge in [-0.2, -0.15) is 0 Å². The number of carbonyl (C=O) groups is 1. The Balaban J connectivity index is 0.00000200. The van der Waals surface area contributed by atoms with Crippen LogP contribution in [0.1, 0.15) is 18.4 Å². The molecule has 1 aliphatic heterocycles. The first-order chi connectivity index (χ1) is 9.09. The van der Waals surface area contributed by atoms with E-state index in [1.54, 1.807) is 30.1 Å². The normalized spacial score (nSPS) is 17.4. The number of nitro benzene ring substituents is 1. The van der Waals surface area contributed by atoms with Gasteiger partial charge in [-0.25, -0.2) is 0 Å². The fourth-order valence-corrected chi connectivity index (χ4v) is 2.32. The molecule has 0 aromatic heterocycles. The minimum Gasteiger partial charge on any atom is -0.340 e. The van der Waals surface area contributed by atoms with Crippen LogP contribution in [-0.4, -0.2) is 35.4 Å². The molecule has 1 N–H and O–H groups in total. The number of benzene rings is 1. The zero-order chi connectivity index (χ0) is 13.8. The molecule has 1 heterocycles. The van der Waals surface area contributed by atoms with Crippen LogP contribution in [0.4, 0.5) is 5.69 Å². The molecule has 0 unspecified atom stereocenters. The molecule has 1 amide bonds. The van der Waals surface area contributed by atoms with Crippen molar-refractivity contribution in [1.29, 1.82) is 0 Å². The van der Waals surface area contributed by atoms with Crippen molar-refractivity contribution in [2.45, 2.75) is 25.4 Å². The first kappa shape index (κ1) is 16.4. The van der Waals surface area contributed by atoms with Gasteiger partial charge >= 0.3 is 0 Å². The van der Waals surface area contributed by atoms with Crippen molar-refractivity contribution in [3.63, 3.8) is 0 Å². The number of hydrogen-bond acceptors (Lipinski definition) is 4. The molecule has 0 radical (unpaired) electrons. The number of amides is 1. The second-order valence-corrected chi connectivity index (χ2v) is 4.73. The predicted molar refractivity (Wildman–Crippen MR) is 77.8 cm³/mol. The third-order valence-electron chi connectivity index (χ3n) is 3.33. The average Bonchev–Trinajstić information content (AvgIpc) is 2.92. The highest BCUT2D eigenvalue weighted by molar-refractivity contribution is 5.85. The Morgan fingerprint density at radius 2 is 2.20 bits per heavy atom. The number of rotatable bonds is 4. The number of nitrogens with one attached hydrogen (secondary N) is 1. The van der Waals surface area contributed by atoms with E-state index in [0.717, 1.165) is 19.4 Å². The van der Waals surface area contributed by atoms with E-state index in [-0.39, 0.29) is 36.6 Å². The minimum absolute atomic E-state index is 0. The molecule has 1 aliphatic rings. The smallest absolute Gasteiger partial charge is 0.274 e. The highest BCUT2D eigenvalue weighted by Crippen LogP contribution is 2.19. The van der Waals surface area contributed by atoms with Gasteiger partial charge < -0.3 is 10.2 Å². The molecule has 1 saturated heterocycles. The van der Waals surface area contributed by atoms with Crippen LogP contribution in [-0.2, 0) is 11.3 Å². The topological polar surface area (TPSA) is 75.5 Å². The molecular formula is C13H18ClN3O3. The summed E-state index contributed by atoms with van der Waals surface area (Å²) in [7, 11) is 1.68. The van der Waals surface area contributed by atoms with Gasteiger partial charge in [0.15, 0.2) is 0 Å². The van der Waals surface area contributed by atoms with Gasteiger partial charge in [0.2, 0.25) is 5.91 Å². The molecule has 1 fully saturated rings. The van der Waals surface area contributed by atoms with Gasteiger partial charge in [-0.3, -0.25) is 14.9 Å². The fraction of sp³-hybridized carbons (Fsp3) is 0.462. The van der Waals surface area contributed by atoms with E-state index in [9.17, 15) is 14.9 Å². The van der Waals surface area contributed by atoms with Gasteiger partial charge in [-0.15, -0.1) is 12.4 Å². The van der Waals surface area contributed by atoms with Gasteiger partial charge in [0.05, 0.1) is 17.5 Å². The molecule has 110 valence electrons. The Morgan fingerprint density at radius 1 is 1.50 bits per heavy atom. The Kier molecular flexibility index (Phi) is 5.91. The molecule has 1 aromatic rings. The van der Waals surface area contributed by atoms with Crippen molar-refractivity contribution < 1.29 is 9.72 Å². The molecule has 6 nitrogen and oxygen atoms in total. The summed E-state index contributed by atoms with van der Waals surface area (Å²) in [5.74, 6) is -0.00403. The summed E-state index contributed by atoms with van der Waals surface area (Å²) in [6.07, 6.45) is 1.83. The molecule has 0 bridgehead atoms. The molecule has 1 aromatic carbocycles. The largest absolute Gasteiger partial charge is 0.340 e. The molecule has 0 saturated carbocycles. The number of likely N-dealkylation sites (N-methyl/N-ethyl adjacent to an activating group) is 1. The van der Waals surface area contributed by atoms with E-state index in [2.05, 4.69) is 5.32 Å². The Morgan fingerprint density at radius 3 is 2.80 bits per heavy atom. The van der Waals surface area contributed by atoms with Crippen LogP contribution in [0.2, 0.25) is 0 Å². The highest BCUT2D eigenvalue weighted by atomic mass is 35.5. The summed E-state index contributed by atoms with van der Waals surface area (Å²) < 4.78 is 0. The number of halogens is 1. The van der Waals surface area contributed by atoms with Crippen LogP contribution < -0.4 is 5.32 Å². The van der Waals surface area contributed by atoms with E-state index in [0.29, 0.717) is 5.56 Å². The standard InChI is InChI=1S/C13H17N3O3.ClH/c1-15(13(17)11-6-4-8-14-11)9-10-5-2-3-7-12(10)16(18)19;/h2-3,5,7,11,14H,4,6,8-9H2,1H3;1H/t11-;/m0./s1. The van der Waals surface area contributed by atoms with Gasteiger partial charge in [-0.1, -0.05) is 18.2 Å². The van der Waals surface area contributed by atoms with E-state index in [4.69, 9.17) is 0 Å². The molecule has 7 heteroatoms. The molecule has 20 heavy (non-hydrogen) atoms. The van der Waals surface area contributed by atoms with Crippen LogP contribution in [0.3, 0.4) is 0 Å². The molecular weight excluding hydrogens is 282 g/mol. The second-order valence-electron chi connectivity index (χ2n) is 4.73. The molecule has 2 rings (SSSR count). The zero-order valence-corrected chi connectivity index (χ0v) is 12.1. The molecule has 0 aliphatic carbocycles. The van der Waals surface area contributed by atoms with Crippen molar-refractivity contribution in [1.82, 2.24) is 10.2 Å². The van der Waals surface area contributed by atoms with Crippen LogP contribution in [0.5, 0.6) is 0 Å². The van der Waals surface area contributed by atoms with E-state index in [1.807, 2.05) is 0 Å². The lowest BCUT2D eigenvalue weighted by molar-refractivity contribution is -0.385. The zero-order valence-electron chi connectivity index (χ0n) is 11.2. The fourth-order valence-electron chi connectivity index (χ4n) is 2.32. The van der Waals surface area contributed by atoms with Gasteiger partial charge in [0.25, 0.3) is 5.69 Å². The highest BCUT2D eigenvalue weighted by Gasteiger charge is 2.26. The van der Waals surface area contributed by atoms with Crippen molar-refractivity contribution in [3.05, 3.63) is 39.9 Å². The minimum atomic E-state index is -0.415. The summed E-state index contributed by atoms with van der Waals surface area (Å²) in [4.78, 5) is 24.2. The maximum Gasteiger partial charge on any atom is 0.274 e. The Bertz CT molecular complexity index is 490. The van der Waals surface area contributed by atoms with Crippen molar-refractivity contribution in [2.75, 3.05) is 13.6 Å². The predicted octanol–water partition coefficient (Wildman–Crippen LogP) is 1.73. The first-order valence-electron chi connectivity index (χ1n) is 6.30. The quantitative estimate of drug-likeness (QED) is 0.678. The van der Waals surface area contributed by atoms with E-state index < -0.39 is 4.92 Å². The maximum absolute atomic E-state index is 12.1. The third kappa shape index (κ3) is 3.68. The average molecular weight is 300 g/mol. The second kappa shape index (κ2) is 7.21. The number of carbonyl (C=O) groups excluding carboxylic acids is 1. The van der Waals surface area contributed by atoms with Crippen molar-refractivity contribution in [2.24, 2.45) is 0 Å². The summed E-state index contributed by atoms with van der Waals surface area (Å²) in [5, 5.41) is 14.1. The lowest BCUT2D eigenvalue weighted by Crippen LogP contribution is -2.41. The molecule has 1 atom stereocenters. The van der Waals surface area contributed by atoms with Crippen LogP contribution in [0.25, 0.3) is 0 Å². The lowest BCUT2D eigenvalue weighted by atomic mass is 10.1. The molecule has 0 spiro atoms. The third-order valence-corrected chi connectivity index (χ3v) is 3.33. The van der Waals surface area contributed by atoms with Crippen LogP contribution >= 0.6 is 12.4 Å². The summed E-state index contributed by atoms with van der Waals surface area (Å²) in [6, 6.07) is 6.37. The van der Waals surface area contributed by atoms with Crippen LogP contribution in [0.15, 0.2) is 24.3 Å². The van der Waals surface area contributed by atoms with Crippen molar-refractivity contribution >= 4 is 24.0 Å². The van der Waals surface area contributed by atoms with Gasteiger partial charge in [-0.05, 0) is 19.4 Å². The summed E-state index contributed by atoms with van der Waals surface area (Å²) >= 11 is 0.